The Morgan fingerprint density at radius 1 is 1.03 bits per heavy atom. The number of hydrogen-bond donors (Lipinski definition) is 2. The normalized spacial score (nSPS) is 12.1. The number of aromatic nitrogens is 1. The molecule has 0 spiro atoms. The number of amides is 1. The minimum absolute atomic E-state index is 0.146. The fraction of sp³-hybridized carbons (Fsp3) is 0.261. The van der Waals surface area contributed by atoms with Gasteiger partial charge in [-0.2, -0.15) is 0 Å². The molecular formula is C23H25N3O6S. The molecule has 10 heteroatoms. The SMILES string of the molecule is CCC(OC(=O)c1ccc(NS(=O)(=O)c2ccc(C)c(C)c2)cc1)C(=O)Nc1cc(C)on1. The molecule has 0 fully saturated rings. The summed E-state index contributed by atoms with van der Waals surface area (Å²) in [6.45, 7) is 7.13. The van der Waals surface area contributed by atoms with E-state index in [0.717, 1.165) is 11.1 Å². The lowest BCUT2D eigenvalue weighted by atomic mass is 10.1. The van der Waals surface area contributed by atoms with Gasteiger partial charge in [0.25, 0.3) is 15.9 Å². The van der Waals surface area contributed by atoms with Crippen molar-refractivity contribution in [2.75, 3.05) is 10.0 Å². The maximum Gasteiger partial charge on any atom is 0.338 e. The summed E-state index contributed by atoms with van der Waals surface area (Å²) in [7, 11) is -3.78. The molecule has 0 saturated carbocycles. The number of nitrogens with one attached hydrogen (secondary N) is 2. The number of esters is 1. The lowest BCUT2D eigenvalue weighted by Crippen LogP contribution is -2.32. The van der Waals surface area contributed by atoms with E-state index in [1.807, 2.05) is 13.8 Å². The van der Waals surface area contributed by atoms with Crippen LogP contribution >= 0.6 is 0 Å². The molecule has 9 nitrogen and oxygen atoms in total. The van der Waals surface area contributed by atoms with Crippen molar-refractivity contribution in [3.8, 4) is 0 Å². The van der Waals surface area contributed by atoms with Crippen LogP contribution in [0.2, 0.25) is 0 Å². The van der Waals surface area contributed by atoms with Gasteiger partial charge in [0.2, 0.25) is 0 Å². The van der Waals surface area contributed by atoms with Crippen molar-refractivity contribution in [3.05, 3.63) is 71.0 Å². The van der Waals surface area contributed by atoms with Crippen LogP contribution in [-0.2, 0) is 19.6 Å². The summed E-state index contributed by atoms with van der Waals surface area (Å²) in [5.41, 5.74) is 2.32. The summed E-state index contributed by atoms with van der Waals surface area (Å²) in [5.74, 6) is -0.482. The van der Waals surface area contributed by atoms with Crippen LogP contribution in [0.15, 0.2) is 57.9 Å². The predicted octanol–water partition coefficient (Wildman–Crippen LogP) is 3.97. The average Bonchev–Trinajstić information content (AvgIpc) is 3.18. The van der Waals surface area contributed by atoms with Gasteiger partial charge in [-0.15, -0.1) is 0 Å². The zero-order valence-corrected chi connectivity index (χ0v) is 19.5. The van der Waals surface area contributed by atoms with Crippen molar-refractivity contribution in [3.63, 3.8) is 0 Å². The Morgan fingerprint density at radius 3 is 2.30 bits per heavy atom. The molecule has 3 aromatic rings. The number of aryl methyl sites for hydroxylation is 3. The number of sulfonamides is 1. The van der Waals surface area contributed by atoms with Gasteiger partial charge >= 0.3 is 5.97 Å². The number of benzene rings is 2. The second-order valence-electron chi connectivity index (χ2n) is 7.54. The second-order valence-corrected chi connectivity index (χ2v) is 9.23. The summed E-state index contributed by atoms with van der Waals surface area (Å²) in [5, 5.41) is 6.21. The number of carbonyl (C=O) groups is 2. The first-order valence-corrected chi connectivity index (χ1v) is 11.7. The van der Waals surface area contributed by atoms with E-state index >= 15 is 0 Å². The molecule has 2 N–H and O–H groups in total. The monoisotopic (exact) mass is 471 g/mol. The highest BCUT2D eigenvalue weighted by molar-refractivity contribution is 7.92. The molecule has 1 unspecified atom stereocenters. The molecule has 0 aliphatic carbocycles. The molecule has 3 rings (SSSR count). The predicted molar refractivity (Wildman–Crippen MR) is 123 cm³/mol. The molecule has 174 valence electrons. The maximum atomic E-state index is 12.6. The Hall–Kier alpha value is -3.66. The van der Waals surface area contributed by atoms with Crippen molar-refractivity contribution >= 4 is 33.4 Å². The lowest BCUT2D eigenvalue weighted by molar-refractivity contribution is -0.124. The number of nitrogens with zero attached hydrogens (tertiary/aromatic N) is 1. The highest BCUT2D eigenvalue weighted by Crippen LogP contribution is 2.20. The van der Waals surface area contributed by atoms with Crippen LogP contribution < -0.4 is 10.0 Å². The number of hydrogen-bond acceptors (Lipinski definition) is 7. The summed E-state index contributed by atoms with van der Waals surface area (Å²) in [4.78, 5) is 25.0. The van der Waals surface area contributed by atoms with Crippen LogP contribution in [-0.4, -0.2) is 31.6 Å². The summed E-state index contributed by atoms with van der Waals surface area (Å²) in [6, 6.07) is 12.2. The summed E-state index contributed by atoms with van der Waals surface area (Å²) in [6.07, 6.45) is -0.778. The Bertz CT molecular complexity index is 1270. The van der Waals surface area contributed by atoms with Crippen molar-refractivity contribution in [2.45, 2.75) is 45.1 Å². The number of anilines is 2. The molecule has 2 aromatic carbocycles. The zero-order chi connectivity index (χ0) is 24.2. The Labute approximate surface area is 192 Å². The first-order chi connectivity index (χ1) is 15.6. The van der Waals surface area contributed by atoms with Crippen LogP contribution in [0.3, 0.4) is 0 Å². The third-order valence-electron chi connectivity index (χ3n) is 4.95. The van der Waals surface area contributed by atoms with Gasteiger partial charge in [0.15, 0.2) is 11.9 Å². The standard InChI is InChI=1S/C23H25N3O6S/c1-5-20(22(27)24-21-13-16(4)32-25-21)31-23(28)17-7-9-18(10-8-17)26-33(29,30)19-11-6-14(2)15(3)12-19/h6-13,20,26H,5H2,1-4H3,(H,24,25,27). The van der Waals surface area contributed by atoms with Gasteiger partial charge in [-0.1, -0.05) is 18.1 Å². The van der Waals surface area contributed by atoms with Crippen LogP contribution in [0.1, 0.15) is 40.6 Å². The van der Waals surface area contributed by atoms with Gasteiger partial charge < -0.3 is 14.6 Å². The van der Waals surface area contributed by atoms with E-state index < -0.39 is 28.0 Å². The molecule has 0 aliphatic heterocycles. The number of carbonyl (C=O) groups excluding carboxylic acids is 2. The van der Waals surface area contributed by atoms with Crippen LogP contribution in [0.5, 0.6) is 0 Å². The largest absolute Gasteiger partial charge is 0.449 e. The third kappa shape index (κ3) is 5.98. The molecule has 0 aliphatic rings. The quantitative estimate of drug-likeness (QED) is 0.476. The average molecular weight is 472 g/mol. The highest BCUT2D eigenvalue weighted by Gasteiger charge is 2.23. The molecule has 1 amide bonds. The van der Waals surface area contributed by atoms with Crippen molar-refractivity contribution in [1.82, 2.24) is 5.16 Å². The minimum atomic E-state index is -3.78. The number of ether oxygens (including phenoxy) is 1. The van der Waals surface area contributed by atoms with Gasteiger partial charge in [-0.3, -0.25) is 9.52 Å². The summed E-state index contributed by atoms with van der Waals surface area (Å²) < 4.78 is 38.0. The van der Waals surface area contributed by atoms with Crippen molar-refractivity contribution < 1.29 is 27.3 Å². The van der Waals surface area contributed by atoms with E-state index in [9.17, 15) is 18.0 Å². The van der Waals surface area contributed by atoms with E-state index in [2.05, 4.69) is 15.2 Å². The van der Waals surface area contributed by atoms with E-state index in [0.29, 0.717) is 5.76 Å². The molecule has 1 heterocycles. The van der Waals surface area contributed by atoms with Crippen LogP contribution in [0, 0.1) is 20.8 Å². The Balaban J connectivity index is 1.65. The molecule has 0 saturated heterocycles. The van der Waals surface area contributed by atoms with Crippen LogP contribution in [0.4, 0.5) is 11.5 Å². The maximum absolute atomic E-state index is 12.6. The molecule has 33 heavy (non-hydrogen) atoms. The fourth-order valence-electron chi connectivity index (χ4n) is 2.92. The molecule has 1 atom stereocenters. The van der Waals surface area contributed by atoms with Gasteiger partial charge in [0.05, 0.1) is 10.5 Å². The van der Waals surface area contributed by atoms with Gasteiger partial charge in [0.1, 0.15) is 5.76 Å². The smallest absolute Gasteiger partial charge is 0.338 e. The second kappa shape index (κ2) is 9.86. The van der Waals surface area contributed by atoms with Gasteiger partial charge in [-0.25, -0.2) is 13.2 Å². The molecule has 1 aromatic heterocycles. The third-order valence-corrected chi connectivity index (χ3v) is 6.33. The first-order valence-electron chi connectivity index (χ1n) is 10.2. The minimum Gasteiger partial charge on any atom is -0.449 e. The van der Waals surface area contributed by atoms with Crippen molar-refractivity contribution in [1.29, 1.82) is 0 Å². The van der Waals surface area contributed by atoms with Gasteiger partial charge in [-0.05, 0) is 74.7 Å². The molecular weight excluding hydrogens is 446 g/mol. The highest BCUT2D eigenvalue weighted by atomic mass is 32.2. The Morgan fingerprint density at radius 2 is 1.73 bits per heavy atom. The van der Waals surface area contributed by atoms with E-state index in [1.54, 1.807) is 32.0 Å². The molecule has 0 bridgehead atoms. The first kappa shape index (κ1) is 24.0. The summed E-state index contributed by atoms with van der Waals surface area (Å²) >= 11 is 0. The lowest BCUT2D eigenvalue weighted by Gasteiger charge is -2.15. The van der Waals surface area contributed by atoms with E-state index in [4.69, 9.17) is 9.26 Å². The number of rotatable bonds is 8. The van der Waals surface area contributed by atoms with Gasteiger partial charge in [0, 0.05) is 11.8 Å². The topological polar surface area (TPSA) is 128 Å². The van der Waals surface area contributed by atoms with Crippen molar-refractivity contribution in [2.24, 2.45) is 0 Å². The zero-order valence-electron chi connectivity index (χ0n) is 18.7. The Kier molecular flexibility index (Phi) is 7.17. The van der Waals surface area contributed by atoms with E-state index in [-0.39, 0.29) is 28.4 Å². The van der Waals surface area contributed by atoms with Crippen LogP contribution in [0.25, 0.3) is 0 Å². The molecule has 0 radical (unpaired) electrons. The fourth-order valence-corrected chi connectivity index (χ4v) is 4.06. The van der Waals surface area contributed by atoms with E-state index in [1.165, 1.54) is 30.3 Å².